The Balaban J connectivity index is 2.34. The molecule has 1 aliphatic carbocycles. The molecule has 3 atom stereocenters. The van der Waals surface area contributed by atoms with Crippen LogP contribution in [0.15, 0.2) is 23.3 Å². The molecule has 0 saturated heterocycles. The molecule has 1 N–H and O–H groups in total. The van der Waals surface area contributed by atoms with Crippen LogP contribution in [0.5, 0.6) is 0 Å². The Morgan fingerprint density at radius 3 is 2.75 bits per heavy atom. The van der Waals surface area contributed by atoms with Crippen LogP contribution in [0.25, 0.3) is 0 Å². The third-order valence-corrected chi connectivity index (χ3v) is 4.00. The number of allylic oxidation sites excluding steroid dienone is 1. The second-order valence-electron chi connectivity index (χ2n) is 6.38. The van der Waals surface area contributed by atoms with Gasteiger partial charge in [-0.25, -0.2) is 0 Å². The SMILES string of the molecule is CC(=O)O[C@]1(CO)C=CC2=C(C=O)CO[C@H](OC(=O)CC(C)C)[C@H]21. The molecule has 0 aromatic rings. The number of hydrogen-bond acceptors (Lipinski definition) is 7. The monoisotopic (exact) mass is 338 g/mol. The number of ether oxygens (including phenoxy) is 3. The highest BCUT2D eigenvalue weighted by Gasteiger charge is 2.53. The van der Waals surface area contributed by atoms with Gasteiger partial charge in [-0.1, -0.05) is 19.9 Å². The highest BCUT2D eigenvalue weighted by Crippen LogP contribution is 2.44. The van der Waals surface area contributed by atoms with Crippen molar-refractivity contribution in [2.24, 2.45) is 11.8 Å². The molecule has 0 radical (unpaired) electrons. The van der Waals surface area contributed by atoms with Crippen LogP contribution in [0.1, 0.15) is 27.2 Å². The van der Waals surface area contributed by atoms with Crippen LogP contribution in [0, 0.1) is 11.8 Å². The zero-order chi connectivity index (χ0) is 17.9. The second-order valence-corrected chi connectivity index (χ2v) is 6.38. The van der Waals surface area contributed by atoms with Gasteiger partial charge in [0.05, 0.1) is 19.1 Å². The van der Waals surface area contributed by atoms with Gasteiger partial charge in [0.2, 0.25) is 6.29 Å². The fourth-order valence-corrected chi connectivity index (χ4v) is 3.00. The van der Waals surface area contributed by atoms with E-state index in [9.17, 15) is 19.5 Å². The Bertz CT molecular complexity index is 590. The zero-order valence-electron chi connectivity index (χ0n) is 14.0. The minimum absolute atomic E-state index is 0.0130. The third kappa shape index (κ3) is 3.57. The molecule has 0 amide bonds. The summed E-state index contributed by atoms with van der Waals surface area (Å²) < 4.78 is 16.2. The van der Waals surface area contributed by atoms with Gasteiger partial charge in [0.1, 0.15) is 6.29 Å². The summed E-state index contributed by atoms with van der Waals surface area (Å²) in [6.45, 7) is 4.45. The highest BCUT2D eigenvalue weighted by molar-refractivity contribution is 5.78. The summed E-state index contributed by atoms with van der Waals surface area (Å²) in [7, 11) is 0. The lowest BCUT2D eigenvalue weighted by molar-refractivity contribution is -0.212. The van der Waals surface area contributed by atoms with Crippen LogP contribution in [-0.2, 0) is 28.6 Å². The molecule has 1 aliphatic heterocycles. The number of hydrogen-bond donors (Lipinski definition) is 1. The molecule has 1 heterocycles. The fourth-order valence-electron chi connectivity index (χ4n) is 3.00. The number of aliphatic hydroxyl groups is 1. The summed E-state index contributed by atoms with van der Waals surface area (Å²) in [5, 5.41) is 9.83. The number of rotatable bonds is 6. The van der Waals surface area contributed by atoms with Crippen LogP contribution in [0.4, 0.5) is 0 Å². The van der Waals surface area contributed by atoms with Gasteiger partial charge in [-0.15, -0.1) is 0 Å². The Morgan fingerprint density at radius 1 is 1.50 bits per heavy atom. The third-order valence-electron chi connectivity index (χ3n) is 4.00. The largest absolute Gasteiger partial charge is 0.452 e. The van der Waals surface area contributed by atoms with Gasteiger partial charge >= 0.3 is 11.9 Å². The first kappa shape index (κ1) is 18.4. The smallest absolute Gasteiger partial charge is 0.308 e. The summed E-state index contributed by atoms with van der Waals surface area (Å²) in [5.41, 5.74) is -0.498. The number of aliphatic hydroxyl groups excluding tert-OH is 1. The lowest BCUT2D eigenvalue weighted by atomic mass is 9.84. The lowest BCUT2D eigenvalue weighted by Gasteiger charge is -2.39. The highest BCUT2D eigenvalue weighted by atomic mass is 16.7. The van der Waals surface area contributed by atoms with Crippen LogP contribution >= 0.6 is 0 Å². The van der Waals surface area contributed by atoms with Crippen LogP contribution in [0.3, 0.4) is 0 Å². The normalized spacial score (nSPS) is 28.7. The first-order valence-electron chi connectivity index (χ1n) is 7.82. The summed E-state index contributed by atoms with van der Waals surface area (Å²) in [4.78, 5) is 34.7. The van der Waals surface area contributed by atoms with E-state index in [0.29, 0.717) is 17.4 Å². The molecule has 7 nitrogen and oxygen atoms in total. The molecule has 0 aromatic heterocycles. The minimum Gasteiger partial charge on any atom is -0.452 e. The maximum Gasteiger partial charge on any atom is 0.308 e. The molecule has 2 aliphatic rings. The zero-order valence-corrected chi connectivity index (χ0v) is 14.0. The number of fused-ring (bicyclic) bond motifs is 1. The Kier molecular flexibility index (Phi) is 5.56. The molecule has 24 heavy (non-hydrogen) atoms. The summed E-state index contributed by atoms with van der Waals surface area (Å²) in [6.07, 6.45) is 2.94. The van der Waals surface area contributed by atoms with Crippen molar-refractivity contribution in [3.05, 3.63) is 23.3 Å². The van der Waals surface area contributed by atoms with E-state index in [1.807, 2.05) is 13.8 Å². The van der Waals surface area contributed by atoms with Crippen molar-refractivity contribution >= 4 is 18.2 Å². The maximum absolute atomic E-state index is 12.0. The van der Waals surface area contributed by atoms with Crippen molar-refractivity contribution in [3.8, 4) is 0 Å². The van der Waals surface area contributed by atoms with Crippen molar-refractivity contribution in [3.63, 3.8) is 0 Å². The summed E-state index contributed by atoms with van der Waals surface area (Å²) >= 11 is 0. The molecule has 0 saturated carbocycles. The Hall–Kier alpha value is -1.99. The second kappa shape index (κ2) is 7.27. The number of carbonyl (C=O) groups is 3. The van der Waals surface area contributed by atoms with E-state index < -0.39 is 36.4 Å². The lowest BCUT2D eigenvalue weighted by Crippen LogP contribution is -2.51. The van der Waals surface area contributed by atoms with Gasteiger partial charge in [0, 0.05) is 18.9 Å². The molecule has 0 aromatic carbocycles. The fraction of sp³-hybridized carbons (Fsp3) is 0.588. The minimum atomic E-state index is -1.42. The van der Waals surface area contributed by atoms with Gasteiger partial charge < -0.3 is 19.3 Å². The van der Waals surface area contributed by atoms with E-state index >= 15 is 0 Å². The van der Waals surface area contributed by atoms with Crippen LogP contribution < -0.4 is 0 Å². The van der Waals surface area contributed by atoms with E-state index in [-0.39, 0.29) is 18.9 Å². The van der Waals surface area contributed by atoms with E-state index in [1.165, 1.54) is 13.0 Å². The van der Waals surface area contributed by atoms with Crippen LogP contribution in [0.2, 0.25) is 0 Å². The van der Waals surface area contributed by atoms with Crippen LogP contribution in [-0.4, -0.2) is 48.4 Å². The Labute approximate surface area is 140 Å². The van der Waals surface area contributed by atoms with Crippen molar-refractivity contribution < 1.29 is 33.7 Å². The van der Waals surface area contributed by atoms with Gasteiger partial charge in [-0.2, -0.15) is 0 Å². The van der Waals surface area contributed by atoms with Crippen molar-refractivity contribution in [2.75, 3.05) is 13.2 Å². The molecule has 0 bridgehead atoms. The van der Waals surface area contributed by atoms with E-state index in [2.05, 4.69) is 0 Å². The predicted molar refractivity (Wildman–Crippen MR) is 82.6 cm³/mol. The quantitative estimate of drug-likeness (QED) is 0.567. The first-order chi connectivity index (χ1) is 11.3. The average molecular weight is 338 g/mol. The molecule has 132 valence electrons. The van der Waals surface area contributed by atoms with Crippen molar-refractivity contribution in [1.82, 2.24) is 0 Å². The summed E-state index contributed by atoms with van der Waals surface area (Å²) in [5.74, 6) is -1.72. The number of esters is 2. The predicted octanol–water partition coefficient (Wildman–Crippen LogP) is 0.908. The van der Waals surface area contributed by atoms with E-state index in [1.54, 1.807) is 6.08 Å². The molecule has 2 rings (SSSR count). The van der Waals surface area contributed by atoms with E-state index in [0.717, 1.165) is 0 Å². The van der Waals surface area contributed by atoms with Gasteiger partial charge in [0.25, 0.3) is 0 Å². The van der Waals surface area contributed by atoms with Crippen molar-refractivity contribution in [1.29, 1.82) is 0 Å². The van der Waals surface area contributed by atoms with Crippen molar-refractivity contribution in [2.45, 2.75) is 39.1 Å². The maximum atomic E-state index is 12.0. The molecule has 0 spiro atoms. The van der Waals surface area contributed by atoms with Gasteiger partial charge in [-0.3, -0.25) is 14.4 Å². The molecule has 7 heteroatoms. The number of aldehydes is 1. The van der Waals surface area contributed by atoms with E-state index in [4.69, 9.17) is 14.2 Å². The molecule has 0 fully saturated rings. The topological polar surface area (TPSA) is 99.1 Å². The standard InChI is InChI=1S/C17H22O7/c1-10(2)6-14(21)23-16-15-13(12(7-18)8-22-16)4-5-17(15,9-19)24-11(3)20/h4-5,7,10,15-16,19H,6,8-9H2,1-3H3/t15-,16+,17-/m0/s1. The molecule has 0 unspecified atom stereocenters. The van der Waals surface area contributed by atoms with Gasteiger partial charge in [0.15, 0.2) is 5.60 Å². The first-order valence-corrected chi connectivity index (χ1v) is 7.82. The Morgan fingerprint density at radius 2 is 2.21 bits per heavy atom. The molecular weight excluding hydrogens is 316 g/mol. The summed E-state index contributed by atoms with van der Waals surface area (Å²) in [6, 6.07) is 0. The average Bonchev–Trinajstić information content (AvgIpc) is 2.86. The van der Waals surface area contributed by atoms with Gasteiger partial charge in [-0.05, 0) is 17.6 Å². The molecular formula is C17H22O7. The number of carbonyl (C=O) groups excluding carboxylic acids is 3.